The third kappa shape index (κ3) is 3.20. The Bertz CT molecular complexity index is 789. The lowest BCUT2D eigenvalue weighted by molar-refractivity contribution is 0.0985. The van der Waals surface area contributed by atoms with E-state index in [9.17, 15) is 4.79 Å². The third-order valence-electron chi connectivity index (χ3n) is 3.02. The van der Waals surface area contributed by atoms with Gasteiger partial charge in [-0.05, 0) is 19.4 Å². The highest BCUT2D eigenvalue weighted by Crippen LogP contribution is 2.13. The summed E-state index contributed by atoms with van der Waals surface area (Å²) in [6.07, 6.45) is 0.505. The molecule has 3 aromatic rings. The molecule has 0 saturated carbocycles. The van der Waals surface area contributed by atoms with Crippen LogP contribution in [-0.2, 0) is 6.42 Å². The highest BCUT2D eigenvalue weighted by atomic mass is 16.5. The van der Waals surface area contributed by atoms with Gasteiger partial charge in [0.25, 0.3) is 5.91 Å². The van der Waals surface area contributed by atoms with Crippen LogP contribution in [-0.4, -0.2) is 21.3 Å². The molecule has 7 heteroatoms. The fraction of sp³-hybridized carbons (Fsp3) is 0.200. The molecule has 112 valence electrons. The molecular formula is C15H14N4O3. The number of amides is 1. The molecule has 0 aliphatic rings. The Balaban J connectivity index is 1.66. The maximum Gasteiger partial charge on any atom is 0.322 e. The lowest BCUT2D eigenvalue weighted by Crippen LogP contribution is -2.11. The van der Waals surface area contributed by atoms with Crippen molar-refractivity contribution in [1.82, 2.24) is 15.4 Å². The van der Waals surface area contributed by atoms with E-state index >= 15 is 0 Å². The molecule has 1 N–H and O–H groups in total. The molecule has 0 bridgehead atoms. The fourth-order valence-electron chi connectivity index (χ4n) is 1.89. The van der Waals surface area contributed by atoms with Crippen molar-refractivity contribution in [2.75, 3.05) is 5.32 Å². The number of nitrogens with one attached hydrogen (secondary N) is 1. The Labute approximate surface area is 126 Å². The predicted octanol–water partition coefficient (Wildman–Crippen LogP) is 2.52. The van der Waals surface area contributed by atoms with Crippen LogP contribution in [0.4, 0.5) is 6.01 Å². The maximum absolute atomic E-state index is 11.9. The largest absolute Gasteiger partial charge is 0.407 e. The van der Waals surface area contributed by atoms with Crippen molar-refractivity contribution in [2.24, 2.45) is 0 Å². The second-order valence-electron chi connectivity index (χ2n) is 4.95. The van der Waals surface area contributed by atoms with Gasteiger partial charge in [0.2, 0.25) is 11.7 Å². The minimum Gasteiger partial charge on any atom is -0.407 e. The van der Waals surface area contributed by atoms with Crippen molar-refractivity contribution >= 4 is 11.9 Å². The van der Waals surface area contributed by atoms with E-state index in [1.807, 2.05) is 31.2 Å². The van der Waals surface area contributed by atoms with Crippen LogP contribution in [0.3, 0.4) is 0 Å². The molecule has 1 amide bonds. The fourth-order valence-corrected chi connectivity index (χ4v) is 1.89. The van der Waals surface area contributed by atoms with E-state index < -0.39 is 5.91 Å². The van der Waals surface area contributed by atoms with Gasteiger partial charge in [0.1, 0.15) is 0 Å². The zero-order valence-corrected chi connectivity index (χ0v) is 12.2. The van der Waals surface area contributed by atoms with Crippen molar-refractivity contribution in [2.45, 2.75) is 20.3 Å². The second-order valence-corrected chi connectivity index (χ2v) is 4.95. The van der Waals surface area contributed by atoms with Gasteiger partial charge in [0, 0.05) is 6.07 Å². The predicted molar refractivity (Wildman–Crippen MR) is 77.5 cm³/mol. The molecule has 0 radical (unpaired) electrons. The molecule has 0 saturated heterocycles. The molecule has 3 rings (SSSR count). The van der Waals surface area contributed by atoms with Crippen LogP contribution < -0.4 is 5.32 Å². The Hall–Kier alpha value is -2.96. The van der Waals surface area contributed by atoms with Gasteiger partial charge in [-0.25, -0.2) is 0 Å². The summed E-state index contributed by atoms with van der Waals surface area (Å²) in [5.41, 5.74) is 2.86. The molecule has 0 aliphatic carbocycles. The third-order valence-corrected chi connectivity index (χ3v) is 3.02. The molecule has 0 unspecified atom stereocenters. The average Bonchev–Trinajstić information content (AvgIpc) is 3.11. The van der Waals surface area contributed by atoms with E-state index in [4.69, 9.17) is 8.94 Å². The van der Waals surface area contributed by atoms with Crippen molar-refractivity contribution in [3.63, 3.8) is 0 Å². The summed E-state index contributed by atoms with van der Waals surface area (Å²) in [5.74, 6) is 0.0369. The summed E-state index contributed by atoms with van der Waals surface area (Å²) < 4.78 is 10.3. The number of hydrogen-bond acceptors (Lipinski definition) is 6. The molecule has 0 spiro atoms. The maximum atomic E-state index is 11.9. The van der Waals surface area contributed by atoms with Gasteiger partial charge < -0.3 is 8.94 Å². The first-order chi connectivity index (χ1) is 10.6. The summed E-state index contributed by atoms with van der Waals surface area (Å²) in [7, 11) is 0. The number of anilines is 1. The van der Waals surface area contributed by atoms with Crippen molar-refractivity contribution in [1.29, 1.82) is 0 Å². The first kappa shape index (κ1) is 14.0. The number of aryl methyl sites for hydroxylation is 2. The van der Waals surface area contributed by atoms with Gasteiger partial charge in [0.05, 0.1) is 12.1 Å². The summed E-state index contributed by atoms with van der Waals surface area (Å²) >= 11 is 0. The standard InChI is InChI=1S/C15H14N4O3/c1-9-3-5-11(6-4-9)8-13-17-18-15(21-13)16-14(20)12-7-10(2)19-22-12/h3-7H,8H2,1-2H3,(H,16,18,20). The van der Waals surface area contributed by atoms with E-state index in [0.717, 1.165) is 5.56 Å². The normalized spacial score (nSPS) is 10.6. The van der Waals surface area contributed by atoms with Crippen LogP contribution in [0.1, 0.15) is 33.3 Å². The molecule has 1 aromatic carbocycles. The molecule has 2 heterocycles. The van der Waals surface area contributed by atoms with Gasteiger partial charge >= 0.3 is 6.01 Å². The van der Waals surface area contributed by atoms with Crippen LogP contribution in [0.5, 0.6) is 0 Å². The molecule has 0 aliphatic heterocycles. The van der Waals surface area contributed by atoms with Crippen LogP contribution in [0.25, 0.3) is 0 Å². The minimum absolute atomic E-state index is 0.0289. The summed E-state index contributed by atoms with van der Waals surface area (Å²) in [5, 5.41) is 13.8. The first-order valence-electron chi connectivity index (χ1n) is 6.73. The first-order valence-corrected chi connectivity index (χ1v) is 6.73. The van der Waals surface area contributed by atoms with Gasteiger partial charge in [-0.1, -0.05) is 40.1 Å². The Morgan fingerprint density at radius 3 is 2.64 bits per heavy atom. The van der Waals surface area contributed by atoms with Gasteiger partial charge in [-0.3, -0.25) is 10.1 Å². The number of aromatic nitrogens is 3. The SMILES string of the molecule is Cc1ccc(Cc2nnc(NC(=O)c3cc(C)no3)o2)cc1. The van der Waals surface area contributed by atoms with E-state index in [0.29, 0.717) is 18.0 Å². The monoisotopic (exact) mass is 298 g/mol. The zero-order chi connectivity index (χ0) is 15.5. The van der Waals surface area contributed by atoms with Crippen LogP contribution in [0.15, 0.2) is 39.3 Å². The lowest BCUT2D eigenvalue weighted by atomic mass is 10.1. The van der Waals surface area contributed by atoms with E-state index in [2.05, 4.69) is 20.7 Å². The molecule has 7 nitrogen and oxygen atoms in total. The quantitative estimate of drug-likeness (QED) is 0.795. The molecule has 0 atom stereocenters. The molecular weight excluding hydrogens is 284 g/mol. The Kier molecular flexibility index (Phi) is 3.69. The number of benzene rings is 1. The van der Waals surface area contributed by atoms with Crippen molar-refractivity contribution in [3.8, 4) is 0 Å². The second kappa shape index (κ2) is 5.80. The Morgan fingerprint density at radius 1 is 1.18 bits per heavy atom. The topological polar surface area (TPSA) is 94.1 Å². The minimum atomic E-state index is -0.480. The van der Waals surface area contributed by atoms with E-state index in [-0.39, 0.29) is 11.8 Å². The smallest absolute Gasteiger partial charge is 0.322 e. The Morgan fingerprint density at radius 2 is 1.95 bits per heavy atom. The van der Waals surface area contributed by atoms with Crippen molar-refractivity contribution < 1.29 is 13.7 Å². The number of nitrogens with zero attached hydrogens (tertiary/aromatic N) is 3. The highest BCUT2D eigenvalue weighted by Gasteiger charge is 2.15. The van der Waals surface area contributed by atoms with Gasteiger partial charge in [-0.2, -0.15) is 0 Å². The summed E-state index contributed by atoms with van der Waals surface area (Å²) in [6, 6.07) is 9.57. The average molecular weight is 298 g/mol. The molecule has 22 heavy (non-hydrogen) atoms. The number of carbonyl (C=O) groups excluding carboxylic acids is 1. The zero-order valence-electron chi connectivity index (χ0n) is 12.2. The summed E-state index contributed by atoms with van der Waals surface area (Å²) in [6.45, 7) is 3.75. The van der Waals surface area contributed by atoms with Crippen LogP contribution >= 0.6 is 0 Å². The van der Waals surface area contributed by atoms with E-state index in [1.165, 1.54) is 11.6 Å². The van der Waals surface area contributed by atoms with Crippen molar-refractivity contribution in [3.05, 3.63) is 58.8 Å². The lowest BCUT2D eigenvalue weighted by Gasteiger charge is -1.98. The van der Waals surface area contributed by atoms with Gasteiger partial charge in [-0.15, -0.1) is 5.10 Å². The number of hydrogen-bond donors (Lipinski definition) is 1. The summed E-state index contributed by atoms with van der Waals surface area (Å²) in [4.78, 5) is 11.9. The molecule has 0 fully saturated rings. The number of rotatable bonds is 4. The molecule has 2 aromatic heterocycles. The number of carbonyl (C=O) groups is 1. The van der Waals surface area contributed by atoms with Crippen LogP contribution in [0, 0.1) is 13.8 Å². The highest BCUT2D eigenvalue weighted by molar-refractivity contribution is 6.00. The van der Waals surface area contributed by atoms with E-state index in [1.54, 1.807) is 6.92 Å². The van der Waals surface area contributed by atoms with Crippen LogP contribution in [0.2, 0.25) is 0 Å². The van der Waals surface area contributed by atoms with Gasteiger partial charge in [0.15, 0.2) is 0 Å².